The predicted molar refractivity (Wildman–Crippen MR) is 100 cm³/mol. The summed E-state index contributed by atoms with van der Waals surface area (Å²) in [6.45, 7) is 3.73. The van der Waals surface area contributed by atoms with Crippen molar-refractivity contribution < 1.29 is 22.4 Å². The lowest BCUT2D eigenvalue weighted by molar-refractivity contribution is -0.139. The van der Waals surface area contributed by atoms with Crippen molar-refractivity contribution in [3.05, 3.63) is 63.3 Å². The van der Waals surface area contributed by atoms with E-state index in [1.54, 1.807) is 19.2 Å². The first-order chi connectivity index (χ1) is 13.7. The van der Waals surface area contributed by atoms with Gasteiger partial charge in [-0.1, -0.05) is 0 Å². The fraction of sp³-hybridized carbons (Fsp3) is 0.400. The first kappa shape index (κ1) is 21.0. The fourth-order valence-corrected chi connectivity index (χ4v) is 3.46. The molecule has 29 heavy (non-hydrogen) atoms. The van der Waals surface area contributed by atoms with Gasteiger partial charge in [-0.2, -0.15) is 13.2 Å². The molecule has 0 aliphatic carbocycles. The molecule has 1 unspecified atom stereocenters. The minimum absolute atomic E-state index is 0.144. The molecule has 9 heteroatoms. The number of benzene rings is 1. The maximum absolute atomic E-state index is 13.4. The summed E-state index contributed by atoms with van der Waals surface area (Å²) in [6, 6.07) is 3.79. The second kappa shape index (κ2) is 8.36. The Morgan fingerprint density at radius 1 is 1.31 bits per heavy atom. The van der Waals surface area contributed by atoms with Crippen LogP contribution in [0.5, 0.6) is 0 Å². The molecule has 1 atom stereocenters. The van der Waals surface area contributed by atoms with E-state index in [0.29, 0.717) is 24.2 Å². The Morgan fingerprint density at radius 3 is 2.72 bits per heavy atom. The van der Waals surface area contributed by atoms with Crippen molar-refractivity contribution in [1.29, 1.82) is 0 Å². The van der Waals surface area contributed by atoms with Crippen molar-refractivity contribution in [3.63, 3.8) is 0 Å². The van der Waals surface area contributed by atoms with Crippen molar-refractivity contribution in [3.8, 4) is 0 Å². The van der Waals surface area contributed by atoms with Crippen molar-refractivity contribution >= 4 is 11.6 Å². The van der Waals surface area contributed by atoms with Gasteiger partial charge in [-0.05, 0) is 68.6 Å². The molecule has 0 spiro atoms. The molecule has 0 bridgehead atoms. The van der Waals surface area contributed by atoms with Gasteiger partial charge >= 0.3 is 6.18 Å². The number of nitrogens with zero attached hydrogens (tertiary/aromatic N) is 1. The number of amides is 1. The van der Waals surface area contributed by atoms with Crippen LogP contribution in [0.4, 0.5) is 23.2 Å². The number of piperidine rings is 1. The van der Waals surface area contributed by atoms with Crippen LogP contribution in [0, 0.1) is 18.7 Å². The van der Waals surface area contributed by atoms with E-state index in [1.165, 1.54) is 4.57 Å². The Morgan fingerprint density at radius 2 is 2.07 bits per heavy atom. The summed E-state index contributed by atoms with van der Waals surface area (Å²) in [4.78, 5) is 25.5. The van der Waals surface area contributed by atoms with Gasteiger partial charge in [0.2, 0.25) is 0 Å². The topological polar surface area (TPSA) is 63.1 Å². The summed E-state index contributed by atoms with van der Waals surface area (Å²) in [5.41, 5.74) is -1.97. The van der Waals surface area contributed by atoms with Gasteiger partial charge in [0.05, 0.1) is 5.56 Å². The number of hydrogen-bond donors (Lipinski definition) is 2. The Labute approximate surface area is 164 Å². The van der Waals surface area contributed by atoms with Crippen LogP contribution in [-0.2, 0) is 12.7 Å². The van der Waals surface area contributed by atoms with E-state index in [1.807, 2.05) is 0 Å². The summed E-state index contributed by atoms with van der Waals surface area (Å²) < 4.78 is 53.5. The van der Waals surface area contributed by atoms with Crippen LogP contribution in [0.3, 0.4) is 0 Å². The standard InChI is InChI=1S/C20H21F4N3O2/c1-12-6-8-27(11-13-3-2-7-25-10-13)19(29)17(12)18(28)26-14-4-5-16(21)15(9-14)20(22,23)24/h4-6,8-9,13,25H,2-3,7,10-11H2,1H3,(H,26,28). The largest absolute Gasteiger partial charge is 0.419 e. The number of aryl methyl sites for hydroxylation is 1. The van der Waals surface area contributed by atoms with Crippen LogP contribution in [-0.4, -0.2) is 23.6 Å². The molecule has 2 heterocycles. The minimum Gasteiger partial charge on any atom is -0.322 e. The fourth-order valence-electron chi connectivity index (χ4n) is 3.46. The minimum atomic E-state index is -4.89. The Kier molecular flexibility index (Phi) is 6.07. The molecule has 2 N–H and O–H groups in total. The van der Waals surface area contributed by atoms with Gasteiger partial charge in [0.15, 0.2) is 0 Å². The van der Waals surface area contributed by atoms with Gasteiger partial charge in [-0.15, -0.1) is 0 Å². The van der Waals surface area contributed by atoms with Crippen LogP contribution in [0.2, 0.25) is 0 Å². The molecule has 1 aromatic heterocycles. The molecule has 1 fully saturated rings. The number of pyridine rings is 1. The Balaban J connectivity index is 1.86. The number of nitrogens with one attached hydrogen (secondary N) is 2. The summed E-state index contributed by atoms with van der Waals surface area (Å²) in [6.07, 6.45) is -1.31. The van der Waals surface area contributed by atoms with Crippen LogP contribution in [0.25, 0.3) is 0 Å². The number of aromatic nitrogens is 1. The number of alkyl halides is 3. The van der Waals surface area contributed by atoms with Crippen LogP contribution in [0.1, 0.15) is 34.3 Å². The first-order valence-electron chi connectivity index (χ1n) is 9.25. The van der Waals surface area contributed by atoms with Gasteiger partial charge in [-0.3, -0.25) is 9.59 Å². The zero-order chi connectivity index (χ0) is 21.2. The number of carbonyl (C=O) groups is 1. The third kappa shape index (κ3) is 4.84. The second-order valence-electron chi connectivity index (χ2n) is 7.19. The van der Waals surface area contributed by atoms with E-state index in [9.17, 15) is 27.2 Å². The number of halogens is 4. The third-order valence-corrected chi connectivity index (χ3v) is 4.98. The molecule has 2 aromatic rings. The highest BCUT2D eigenvalue weighted by Gasteiger charge is 2.34. The van der Waals surface area contributed by atoms with E-state index in [0.717, 1.165) is 32.0 Å². The van der Waals surface area contributed by atoms with Crippen LogP contribution in [0.15, 0.2) is 35.3 Å². The summed E-state index contributed by atoms with van der Waals surface area (Å²) in [5, 5.41) is 5.54. The molecule has 1 saturated heterocycles. The number of carbonyl (C=O) groups excluding carboxylic acids is 1. The lowest BCUT2D eigenvalue weighted by Crippen LogP contribution is -2.36. The van der Waals surface area contributed by atoms with Gasteiger partial charge in [-0.25, -0.2) is 4.39 Å². The summed E-state index contributed by atoms with van der Waals surface area (Å²) in [5.74, 6) is -2.01. The molecule has 3 rings (SSSR count). The zero-order valence-corrected chi connectivity index (χ0v) is 15.8. The molecule has 0 saturated carbocycles. The highest BCUT2D eigenvalue weighted by atomic mass is 19.4. The number of hydrogen-bond acceptors (Lipinski definition) is 3. The predicted octanol–water partition coefficient (Wildman–Crippen LogP) is 3.57. The number of rotatable bonds is 4. The van der Waals surface area contributed by atoms with E-state index >= 15 is 0 Å². The first-order valence-corrected chi connectivity index (χ1v) is 9.25. The van der Waals surface area contributed by atoms with Gasteiger partial charge in [0, 0.05) is 18.4 Å². The van der Waals surface area contributed by atoms with Crippen molar-refractivity contribution in [1.82, 2.24) is 9.88 Å². The highest BCUT2D eigenvalue weighted by Crippen LogP contribution is 2.33. The summed E-state index contributed by atoms with van der Waals surface area (Å²) in [7, 11) is 0. The maximum Gasteiger partial charge on any atom is 0.419 e. The van der Waals surface area contributed by atoms with E-state index < -0.39 is 29.0 Å². The normalized spacial score (nSPS) is 17.2. The molecular formula is C20H21F4N3O2. The molecule has 1 aliphatic heterocycles. The van der Waals surface area contributed by atoms with E-state index in [4.69, 9.17) is 0 Å². The second-order valence-corrected chi connectivity index (χ2v) is 7.19. The molecule has 1 aliphatic rings. The van der Waals surface area contributed by atoms with Gasteiger partial charge < -0.3 is 15.2 Å². The average molecular weight is 411 g/mol. The molecular weight excluding hydrogens is 390 g/mol. The molecule has 1 aromatic carbocycles. The molecule has 156 valence electrons. The Hall–Kier alpha value is -2.68. The molecule has 5 nitrogen and oxygen atoms in total. The Bertz CT molecular complexity index is 963. The van der Waals surface area contributed by atoms with Crippen molar-refractivity contribution in [2.24, 2.45) is 5.92 Å². The van der Waals surface area contributed by atoms with Crippen LogP contribution >= 0.6 is 0 Å². The van der Waals surface area contributed by atoms with E-state index in [-0.39, 0.29) is 17.2 Å². The molecule has 0 radical (unpaired) electrons. The number of anilines is 1. The highest BCUT2D eigenvalue weighted by molar-refractivity contribution is 6.05. The molecule has 1 amide bonds. The van der Waals surface area contributed by atoms with Gasteiger partial charge in [0.25, 0.3) is 11.5 Å². The quantitative estimate of drug-likeness (QED) is 0.757. The van der Waals surface area contributed by atoms with Crippen molar-refractivity contribution in [2.45, 2.75) is 32.5 Å². The third-order valence-electron chi connectivity index (χ3n) is 4.98. The van der Waals surface area contributed by atoms with E-state index in [2.05, 4.69) is 10.6 Å². The maximum atomic E-state index is 13.4. The smallest absolute Gasteiger partial charge is 0.322 e. The monoisotopic (exact) mass is 411 g/mol. The zero-order valence-electron chi connectivity index (χ0n) is 15.8. The lowest BCUT2D eigenvalue weighted by atomic mass is 9.99. The van der Waals surface area contributed by atoms with Gasteiger partial charge in [0.1, 0.15) is 11.4 Å². The summed E-state index contributed by atoms with van der Waals surface area (Å²) >= 11 is 0. The van der Waals surface area contributed by atoms with Crippen molar-refractivity contribution in [2.75, 3.05) is 18.4 Å². The van der Waals surface area contributed by atoms with Crippen LogP contribution < -0.4 is 16.2 Å². The lowest BCUT2D eigenvalue weighted by Gasteiger charge is -2.23. The average Bonchev–Trinajstić information content (AvgIpc) is 2.66. The SMILES string of the molecule is Cc1ccn(CC2CCCNC2)c(=O)c1C(=O)Nc1ccc(F)c(C(F)(F)F)c1.